The third kappa shape index (κ3) is 3.04. The largest absolute Gasteiger partial charge is 0.483 e. The van der Waals surface area contributed by atoms with Gasteiger partial charge in [-0.15, -0.1) is 5.10 Å². The van der Waals surface area contributed by atoms with Crippen molar-refractivity contribution in [1.29, 1.82) is 0 Å². The van der Waals surface area contributed by atoms with Crippen LogP contribution in [0.5, 0.6) is 5.75 Å². The molecule has 0 radical (unpaired) electrons. The number of nitrogens with zero attached hydrogens (tertiary/aromatic N) is 2. The molecule has 0 saturated heterocycles. The summed E-state index contributed by atoms with van der Waals surface area (Å²) in [5, 5.41) is 9.03. The van der Waals surface area contributed by atoms with Gasteiger partial charge >= 0.3 is 0 Å². The minimum Gasteiger partial charge on any atom is -0.483 e. The van der Waals surface area contributed by atoms with Crippen molar-refractivity contribution in [3.8, 4) is 5.75 Å². The van der Waals surface area contributed by atoms with E-state index in [9.17, 15) is 0 Å². The summed E-state index contributed by atoms with van der Waals surface area (Å²) >= 11 is 4.93. The predicted octanol–water partition coefficient (Wildman–Crippen LogP) is 5.61. The number of hydrogen-bond donors (Lipinski definition) is 1. The average molecular weight is 379 g/mol. The number of H-pyrrole nitrogens is 1. The summed E-state index contributed by atoms with van der Waals surface area (Å²) in [6.45, 7) is 1.32. The van der Waals surface area contributed by atoms with Crippen LogP contribution in [0.15, 0.2) is 46.9 Å². The molecule has 138 valence electrons. The van der Waals surface area contributed by atoms with Gasteiger partial charge in [0.2, 0.25) is 0 Å². The van der Waals surface area contributed by atoms with Gasteiger partial charge in [0.1, 0.15) is 5.75 Å². The monoisotopic (exact) mass is 379 g/mol. The summed E-state index contributed by atoms with van der Waals surface area (Å²) in [5.74, 6) is 2.06. The molecule has 4 aromatic rings. The number of para-hydroxylation sites is 1. The van der Waals surface area contributed by atoms with E-state index >= 15 is 0 Å². The van der Waals surface area contributed by atoms with Gasteiger partial charge in [-0.05, 0) is 49.2 Å². The first-order valence-corrected chi connectivity index (χ1v) is 9.87. The molecule has 1 saturated carbocycles. The van der Waals surface area contributed by atoms with E-state index in [-0.39, 0.29) is 11.4 Å². The number of ether oxygens (including phenoxy) is 1. The highest BCUT2D eigenvalue weighted by Crippen LogP contribution is 2.37. The Labute approximate surface area is 161 Å². The van der Waals surface area contributed by atoms with E-state index in [0.29, 0.717) is 5.89 Å². The fraction of sp³-hybridized carbons (Fsp3) is 0.333. The van der Waals surface area contributed by atoms with E-state index in [1.165, 1.54) is 42.1 Å². The van der Waals surface area contributed by atoms with Gasteiger partial charge in [0.25, 0.3) is 10.7 Å². The molecular formula is C21H21N3O2S. The van der Waals surface area contributed by atoms with Crippen molar-refractivity contribution < 1.29 is 9.15 Å². The van der Waals surface area contributed by atoms with E-state index in [2.05, 4.69) is 51.2 Å². The zero-order valence-electron chi connectivity index (χ0n) is 15.0. The Hall–Kier alpha value is -2.60. The van der Waals surface area contributed by atoms with Crippen molar-refractivity contribution >= 4 is 34.0 Å². The van der Waals surface area contributed by atoms with Gasteiger partial charge < -0.3 is 13.7 Å². The highest BCUT2D eigenvalue weighted by atomic mass is 32.1. The fourth-order valence-electron chi connectivity index (χ4n) is 4.30. The van der Waals surface area contributed by atoms with E-state index in [1.54, 1.807) is 0 Å². The van der Waals surface area contributed by atoms with E-state index in [0.717, 1.165) is 23.6 Å². The molecule has 5 nitrogen and oxygen atoms in total. The Kier molecular flexibility index (Phi) is 4.20. The van der Waals surface area contributed by atoms with Gasteiger partial charge in [-0.1, -0.05) is 37.1 Å². The van der Waals surface area contributed by atoms with Crippen molar-refractivity contribution in [3.05, 3.63) is 53.2 Å². The van der Waals surface area contributed by atoms with Crippen LogP contribution < -0.4 is 4.74 Å². The Morgan fingerprint density at radius 3 is 2.74 bits per heavy atom. The Morgan fingerprint density at radius 2 is 1.93 bits per heavy atom. The Balaban J connectivity index is 1.59. The number of benzene rings is 2. The zero-order chi connectivity index (χ0) is 18.2. The lowest BCUT2D eigenvalue weighted by atomic mass is 10.1. The molecule has 6 heteroatoms. The first-order chi connectivity index (χ1) is 13.3. The summed E-state index contributed by atoms with van der Waals surface area (Å²) in [5.41, 5.74) is 2.50. The molecule has 2 heterocycles. The van der Waals surface area contributed by atoms with Crippen LogP contribution in [-0.2, 0) is 13.2 Å². The molecule has 27 heavy (non-hydrogen) atoms. The Bertz CT molecular complexity index is 1150. The molecule has 5 rings (SSSR count). The molecule has 0 spiro atoms. The van der Waals surface area contributed by atoms with Crippen LogP contribution in [0.2, 0.25) is 0 Å². The van der Waals surface area contributed by atoms with Gasteiger partial charge in [-0.3, -0.25) is 0 Å². The van der Waals surface area contributed by atoms with Gasteiger partial charge in [-0.25, -0.2) is 5.10 Å². The molecule has 2 aromatic carbocycles. The molecule has 1 aliphatic carbocycles. The lowest BCUT2D eigenvalue weighted by Crippen LogP contribution is -2.06. The second kappa shape index (κ2) is 6.85. The van der Waals surface area contributed by atoms with Crippen molar-refractivity contribution in [2.45, 2.75) is 38.8 Å². The van der Waals surface area contributed by atoms with Crippen LogP contribution in [0.25, 0.3) is 21.8 Å². The summed E-state index contributed by atoms with van der Waals surface area (Å²) in [4.78, 5) is 0.264. The van der Waals surface area contributed by atoms with Crippen molar-refractivity contribution in [2.24, 2.45) is 5.92 Å². The second-order valence-corrected chi connectivity index (χ2v) is 7.59. The van der Waals surface area contributed by atoms with Gasteiger partial charge in [0.15, 0.2) is 6.61 Å². The topological polar surface area (TPSA) is 56.0 Å². The number of aromatic amines is 1. The van der Waals surface area contributed by atoms with E-state index in [1.807, 2.05) is 6.07 Å². The maximum atomic E-state index is 6.07. The van der Waals surface area contributed by atoms with Crippen molar-refractivity contribution in [3.63, 3.8) is 0 Å². The lowest BCUT2D eigenvalue weighted by molar-refractivity contribution is 0.264. The van der Waals surface area contributed by atoms with Crippen LogP contribution in [0.4, 0.5) is 0 Å². The first-order valence-electron chi connectivity index (χ1n) is 9.47. The SMILES string of the molecule is S=c1[nH]nc(COc2cccc3c2c2ccccc2n3CC2CCCC2)o1. The molecule has 0 amide bonds. The second-order valence-electron chi connectivity index (χ2n) is 7.22. The normalized spacial score (nSPS) is 15.1. The Morgan fingerprint density at radius 1 is 1.11 bits per heavy atom. The highest BCUT2D eigenvalue weighted by Gasteiger charge is 2.20. The van der Waals surface area contributed by atoms with Crippen LogP contribution in [0.3, 0.4) is 0 Å². The molecule has 0 atom stereocenters. The number of hydrogen-bond acceptors (Lipinski definition) is 4. The minimum absolute atomic E-state index is 0.244. The molecular weight excluding hydrogens is 358 g/mol. The van der Waals surface area contributed by atoms with Crippen LogP contribution in [0, 0.1) is 10.8 Å². The van der Waals surface area contributed by atoms with Crippen molar-refractivity contribution in [1.82, 2.24) is 14.8 Å². The fourth-order valence-corrected chi connectivity index (χ4v) is 4.44. The summed E-state index contributed by atoms with van der Waals surface area (Å²) in [6.07, 6.45) is 5.37. The predicted molar refractivity (Wildman–Crippen MR) is 107 cm³/mol. The third-order valence-electron chi connectivity index (χ3n) is 5.51. The summed E-state index contributed by atoms with van der Waals surface area (Å²) < 4.78 is 13.9. The van der Waals surface area contributed by atoms with Gasteiger partial charge in [0, 0.05) is 22.8 Å². The van der Waals surface area contributed by atoms with E-state index < -0.39 is 0 Å². The van der Waals surface area contributed by atoms with Crippen LogP contribution in [-0.4, -0.2) is 14.8 Å². The smallest absolute Gasteiger partial charge is 0.284 e. The minimum atomic E-state index is 0.244. The summed E-state index contributed by atoms with van der Waals surface area (Å²) in [7, 11) is 0. The lowest BCUT2D eigenvalue weighted by Gasteiger charge is -2.13. The van der Waals surface area contributed by atoms with Gasteiger partial charge in [-0.2, -0.15) is 0 Å². The molecule has 1 fully saturated rings. The highest BCUT2D eigenvalue weighted by molar-refractivity contribution is 7.71. The average Bonchev–Trinajstić information content (AvgIpc) is 3.41. The quantitative estimate of drug-likeness (QED) is 0.458. The maximum absolute atomic E-state index is 6.07. The zero-order valence-corrected chi connectivity index (χ0v) is 15.8. The van der Waals surface area contributed by atoms with Crippen molar-refractivity contribution in [2.75, 3.05) is 0 Å². The third-order valence-corrected chi connectivity index (χ3v) is 5.68. The standard InChI is InChI=1S/C21H21N3O2S/c27-21-23-22-19(26-21)13-25-18-11-5-10-17-20(18)15-8-3-4-9-16(15)24(17)12-14-6-1-2-7-14/h3-5,8-11,14H,1-2,6-7,12-13H2,(H,23,27). The maximum Gasteiger partial charge on any atom is 0.284 e. The van der Waals surface area contributed by atoms with Gasteiger partial charge in [0.05, 0.1) is 5.52 Å². The molecule has 0 aliphatic heterocycles. The number of rotatable bonds is 5. The first kappa shape index (κ1) is 16.6. The number of aromatic nitrogens is 3. The van der Waals surface area contributed by atoms with Crippen LogP contribution in [0.1, 0.15) is 31.6 Å². The molecule has 0 unspecified atom stereocenters. The molecule has 1 N–H and O–H groups in total. The molecule has 0 bridgehead atoms. The molecule has 1 aliphatic rings. The number of nitrogens with one attached hydrogen (secondary N) is 1. The number of fused-ring (bicyclic) bond motifs is 3. The molecule has 2 aromatic heterocycles. The van der Waals surface area contributed by atoms with Crippen LogP contribution >= 0.6 is 12.2 Å². The summed E-state index contributed by atoms with van der Waals surface area (Å²) in [6, 6.07) is 14.8. The van der Waals surface area contributed by atoms with E-state index in [4.69, 9.17) is 21.4 Å².